The molecule has 1 aliphatic carbocycles. The predicted molar refractivity (Wildman–Crippen MR) is 80.5 cm³/mol. The lowest BCUT2D eigenvalue weighted by Gasteiger charge is -2.20. The minimum absolute atomic E-state index is 0.386. The summed E-state index contributed by atoms with van der Waals surface area (Å²) < 4.78 is 2.40. The predicted octanol–water partition coefficient (Wildman–Crippen LogP) is 2.74. The molecule has 0 amide bonds. The second-order valence-corrected chi connectivity index (χ2v) is 6.06. The molecule has 0 saturated heterocycles. The second-order valence-electron chi connectivity index (χ2n) is 6.06. The number of fused-ring (bicyclic) bond motifs is 1. The molecule has 2 rings (SSSR count). The van der Waals surface area contributed by atoms with Crippen molar-refractivity contribution >= 4 is 0 Å². The Balaban J connectivity index is 1.89. The lowest BCUT2D eigenvalue weighted by Crippen LogP contribution is -2.37. The molecule has 1 aliphatic rings. The Morgan fingerprint density at radius 1 is 1.35 bits per heavy atom. The molecule has 0 aliphatic heterocycles. The molecule has 1 aromatic rings. The fourth-order valence-electron chi connectivity index (χ4n) is 3.02. The van der Waals surface area contributed by atoms with Crippen LogP contribution >= 0.6 is 0 Å². The molecular weight excluding hydrogens is 248 g/mol. The van der Waals surface area contributed by atoms with Crippen molar-refractivity contribution in [2.75, 3.05) is 7.05 Å². The number of nitrogens with one attached hydrogen (secondary N) is 1. The van der Waals surface area contributed by atoms with Gasteiger partial charge in [-0.15, -0.1) is 0 Å². The molecule has 0 spiro atoms. The fraction of sp³-hybridized carbons (Fsp3) is 0.750. The van der Waals surface area contributed by atoms with Crippen molar-refractivity contribution in [2.45, 2.75) is 70.9 Å². The zero-order valence-electron chi connectivity index (χ0n) is 13.0. The average molecular weight is 274 g/mol. The zero-order chi connectivity index (χ0) is 14.6. The van der Waals surface area contributed by atoms with Gasteiger partial charge >= 0.3 is 0 Å². The summed E-state index contributed by atoms with van der Waals surface area (Å²) >= 11 is 0. The molecule has 4 heteroatoms. The van der Waals surface area contributed by atoms with Crippen LogP contribution in [0.5, 0.6) is 0 Å². The van der Waals surface area contributed by atoms with Crippen LogP contribution in [0.3, 0.4) is 0 Å². The average Bonchev–Trinajstić information content (AvgIpc) is 2.79. The van der Waals surface area contributed by atoms with Gasteiger partial charge in [0.1, 0.15) is 11.4 Å². The van der Waals surface area contributed by atoms with E-state index in [0.29, 0.717) is 0 Å². The van der Waals surface area contributed by atoms with E-state index in [2.05, 4.69) is 22.9 Å². The van der Waals surface area contributed by atoms with Crippen LogP contribution in [0.1, 0.15) is 56.2 Å². The number of rotatable bonds is 6. The van der Waals surface area contributed by atoms with Crippen molar-refractivity contribution in [3.05, 3.63) is 17.2 Å². The highest BCUT2D eigenvalue weighted by atomic mass is 15.1. The van der Waals surface area contributed by atoms with E-state index in [-0.39, 0.29) is 5.54 Å². The molecule has 0 fully saturated rings. The van der Waals surface area contributed by atoms with E-state index >= 15 is 0 Å². The van der Waals surface area contributed by atoms with Gasteiger partial charge in [-0.1, -0.05) is 0 Å². The monoisotopic (exact) mass is 274 g/mol. The highest BCUT2D eigenvalue weighted by Gasteiger charge is 2.21. The molecule has 0 bridgehead atoms. The number of unbranched alkanes of at least 4 members (excludes halogenated alkanes) is 1. The number of nitrogens with zero attached hydrogens (tertiary/aromatic N) is 3. The number of aryl methyl sites for hydroxylation is 2. The maximum atomic E-state index is 9.14. The number of nitriles is 1. The summed E-state index contributed by atoms with van der Waals surface area (Å²) in [7, 11) is 1.86. The van der Waals surface area contributed by atoms with Crippen LogP contribution in [0.25, 0.3) is 0 Å². The summed E-state index contributed by atoms with van der Waals surface area (Å²) in [6.07, 6.45) is 7.99. The van der Waals surface area contributed by atoms with Crippen molar-refractivity contribution in [3.8, 4) is 6.07 Å². The molecular formula is C16H26N4. The van der Waals surface area contributed by atoms with Gasteiger partial charge in [0.05, 0.1) is 11.8 Å². The molecule has 110 valence electrons. The summed E-state index contributed by atoms with van der Waals surface area (Å²) in [6.45, 7) is 5.13. The Kier molecular flexibility index (Phi) is 4.82. The molecule has 20 heavy (non-hydrogen) atoms. The number of aromatic nitrogens is 2. The Bertz CT molecular complexity index is 497. The highest BCUT2D eigenvalue weighted by molar-refractivity contribution is 5.19. The van der Waals surface area contributed by atoms with Crippen LogP contribution < -0.4 is 5.32 Å². The van der Waals surface area contributed by atoms with Crippen molar-refractivity contribution in [1.82, 2.24) is 14.9 Å². The zero-order valence-corrected chi connectivity index (χ0v) is 13.0. The Hall–Kier alpha value is -1.34. The van der Waals surface area contributed by atoms with E-state index < -0.39 is 0 Å². The highest BCUT2D eigenvalue weighted by Crippen LogP contribution is 2.23. The van der Waals surface area contributed by atoms with Crippen LogP contribution in [-0.4, -0.2) is 22.1 Å². The molecule has 1 atom stereocenters. The van der Waals surface area contributed by atoms with Gasteiger partial charge in [0.2, 0.25) is 0 Å². The normalized spacial score (nSPS) is 17.3. The van der Waals surface area contributed by atoms with Gasteiger partial charge in [0.25, 0.3) is 0 Å². The minimum Gasteiger partial charge on any atom is -0.332 e. The van der Waals surface area contributed by atoms with Gasteiger partial charge in [-0.3, -0.25) is 0 Å². The van der Waals surface area contributed by atoms with Gasteiger partial charge in [0, 0.05) is 12.2 Å². The number of hydrogen-bond acceptors (Lipinski definition) is 3. The van der Waals surface area contributed by atoms with E-state index in [1.807, 2.05) is 14.0 Å². The van der Waals surface area contributed by atoms with E-state index in [1.165, 1.54) is 30.7 Å². The summed E-state index contributed by atoms with van der Waals surface area (Å²) in [5.74, 6) is 1.16. The van der Waals surface area contributed by atoms with E-state index in [1.54, 1.807) is 0 Å². The van der Waals surface area contributed by atoms with Crippen molar-refractivity contribution < 1.29 is 0 Å². The minimum atomic E-state index is -0.386. The van der Waals surface area contributed by atoms with Crippen molar-refractivity contribution in [3.63, 3.8) is 0 Å². The van der Waals surface area contributed by atoms with Gasteiger partial charge in [-0.2, -0.15) is 5.26 Å². The molecule has 0 saturated carbocycles. The first-order valence-corrected chi connectivity index (χ1v) is 7.74. The van der Waals surface area contributed by atoms with Gasteiger partial charge in [-0.25, -0.2) is 4.98 Å². The van der Waals surface area contributed by atoms with Crippen molar-refractivity contribution in [1.29, 1.82) is 5.26 Å². The van der Waals surface area contributed by atoms with Crippen molar-refractivity contribution in [2.24, 2.45) is 0 Å². The maximum absolute atomic E-state index is 9.14. The summed E-state index contributed by atoms with van der Waals surface area (Å²) in [4.78, 5) is 4.71. The van der Waals surface area contributed by atoms with E-state index in [4.69, 9.17) is 10.2 Å². The third-order valence-electron chi connectivity index (χ3n) is 4.53. The van der Waals surface area contributed by atoms with Crippen LogP contribution in [0.4, 0.5) is 0 Å². The van der Waals surface area contributed by atoms with Gasteiger partial charge < -0.3 is 9.88 Å². The molecule has 1 N–H and O–H groups in total. The Morgan fingerprint density at radius 2 is 2.10 bits per heavy atom. The standard InChI is InChI=1S/C16H26N4/c1-13-19-14-8-4-5-9-15(14)20(13)11-7-6-10-16(2,12-17)18-3/h18H,4-11H2,1-3H3. The largest absolute Gasteiger partial charge is 0.332 e. The number of imidazole rings is 1. The summed E-state index contributed by atoms with van der Waals surface area (Å²) in [5, 5.41) is 12.2. The summed E-state index contributed by atoms with van der Waals surface area (Å²) in [6, 6.07) is 2.35. The first-order valence-electron chi connectivity index (χ1n) is 7.74. The van der Waals surface area contributed by atoms with Crippen LogP contribution in [-0.2, 0) is 19.4 Å². The third-order valence-corrected chi connectivity index (χ3v) is 4.53. The van der Waals surface area contributed by atoms with Gasteiger partial charge in [-0.05, 0) is 65.8 Å². The fourth-order valence-corrected chi connectivity index (χ4v) is 3.02. The first kappa shape index (κ1) is 15.1. The summed E-state index contributed by atoms with van der Waals surface area (Å²) in [5.41, 5.74) is 2.40. The molecule has 0 aromatic carbocycles. The van der Waals surface area contributed by atoms with Gasteiger partial charge in [0.15, 0.2) is 0 Å². The molecule has 0 radical (unpaired) electrons. The number of hydrogen-bond donors (Lipinski definition) is 1. The second kappa shape index (κ2) is 6.41. The van der Waals surface area contributed by atoms with Crippen LogP contribution in [0, 0.1) is 18.3 Å². The molecule has 1 aromatic heterocycles. The molecule has 1 heterocycles. The SMILES string of the molecule is CNC(C)(C#N)CCCCn1c(C)nc2c1CCCC2. The van der Waals surface area contributed by atoms with E-state index in [0.717, 1.165) is 38.1 Å². The topological polar surface area (TPSA) is 53.6 Å². The quantitative estimate of drug-likeness (QED) is 0.812. The molecule has 4 nitrogen and oxygen atoms in total. The van der Waals surface area contributed by atoms with Crippen LogP contribution in [0.15, 0.2) is 0 Å². The Morgan fingerprint density at radius 3 is 2.80 bits per heavy atom. The van der Waals surface area contributed by atoms with E-state index in [9.17, 15) is 0 Å². The maximum Gasteiger partial charge on any atom is 0.106 e. The smallest absolute Gasteiger partial charge is 0.106 e. The third kappa shape index (κ3) is 3.21. The lowest BCUT2D eigenvalue weighted by molar-refractivity contribution is 0.421. The first-order chi connectivity index (χ1) is 9.59. The Labute approximate surface area is 122 Å². The molecule has 1 unspecified atom stereocenters. The lowest BCUT2D eigenvalue weighted by atomic mass is 9.97. The van der Waals surface area contributed by atoms with Crippen LogP contribution in [0.2, 0.25) is 0 Å².